The third kappa shape index (κ3) is 11.1. The fourth-order valence-electron chi connectivity index (χ4n) is 6.07. The van der Waals surface area contributed by atoms with Crippen molar-refractivity contribution in [1.82, 2.24) is 10.2 Å². The predicted octanol–water partition coefficient (Wildman–Crippen LogP) is 5.41. The van der Waals surface area contributed by atoms with Gasteiger partial charge in [0.1, 0.15) is 18.2 Å². The van der Waals surface area contributed by atoms with Gasteiger partial charge in [0, 0.05) is 20.6 Å². The van der Waals surface area contributed by atoms with Gasteiger partial charge in [0.15, 0.2) is 23.4 Å². The Kier molecular flexibility index (Phi) is 15.8. The third-order valence-electron chi connectivity index (χ3n) is 9.44. The van der Waals surface area contributed by atoms with Crippen molar-refractivity contribution < 1.29 is 43.6 Å². The lowest BCUT2D eigenvalue weighted by atomic mass is 9.95. The van der Waals surface area contributed by atoms with Gasteiger partial charge >= 0.3 is 5.97 Å². The van der Waals surface area contributed by atoms with Gasteiger partial charge in [-0.25, -0.2) is 4.79 Å². The van der Waals surface area contributed by atoms with E-state index in [0.717, 1.165) is 5.57 Å². The highest BCUT2D eigenvalue weighted by molar-refractivity contribution is 6.09. The number of aliphatic hydroxyl groups is 1. The second-order valence-corrected chi connectivity index (χ2v) is 13.6. The number of phenolic OH excluding ortho intramolecular Hbond substituents is 1. The molecule has 1 heterocycles. The first kappa shape index (κ1) is 41.7. The maximum Gasteiger partial charge on any atom is 0.329 e. The Labute approximate surface area is 307 Å². The van der Waals surface area contributed by atoms with Crippen molar-refractivity contribution in [2.75, 3.05) is 21.3 Å². The molecule has 2 aromatic carbocycles. The first-order chi connectivity index (χ1) is 24.7. The molecule has 0 aliphatic carbocycles. The highest BCUT2D eigenvalue weighted by atomic mass is 16.6. The molecule has 1 aliphatic rings. The van der Waals surface area contributed by atoms with Crippen LogP contribution < -0.4 is 10.1 Å². The predicted molar refractivity (Wildman–Crippen MR) is 198 cm³/mol. The summed E-state index contributed by atoms with van der Waals surface area (Å²) in [5, 5.41) is 24.3. The normalized spacial score (nSPS) is 26.6. The number of aromatic hydroxyl groups is 1. The molecule has 0 spiro atoms. The van der Waals surface area contributed by atoms with Crippen LogP contribution in [0.15, 0.2) is 84.0 Å². The Morgan fingerprint density at radius 2 is 1.73 bits per heavy atom. The second kappa shape index (κ2) is 19.8. The van der Waals surface area contributed by atoms with Crippen molar-refractivity contribution in [2.24, 2.45) is 11.8 Å². The molecule has 0 bridgehead atoms. The second-order valence-electron chi connectivity index (χ2n) is 13.6. The summed E-state index contributed by atoms with van der Waals surface area (Å²) in [6, 6.07) is 11.1. The van der Waals surface area contributed by atoms with Crippen LogP contribution >= 0.6 is 0 Å². The van der Waals surface area contributed by atoms with Crippen molar-refractivity contribution in [1.29, 1.82) is 0 Å². The lowest BCUT2D eigenvalue weighted by Crippen LogP contribution is -2.56. The number of Topliss-reactive ketones (excluding diaryl/α,β-unsaturated/α-hetero) is 1. The number of nitrogens with zero attached hydrogens (tertiary/aromatic N) is 1. The molecule has 11 heteroatoms. The lowest BCUT2D eigenvalue weighted by Gasteiger charge is -2.32. The number of hydrogen-bond acceptors (Lipinski definition) is 9. The largest absolute Gasteiger partial charge is 0.504 e. The number of amides is 2. The van der Waals surface area contributed by atoms with Gasteiger partial charge < -0.3 is 34.6 Å². The standard InChI is InChI=1S/C41H54N2O9/c1-25(2)36-41(49)52-34(38(46)30-17-10-9-11-18-30)20-14-16-26(3)33(50-7)19-13-12-15-27(4)37(45)28(5)40(48)43(6)31(39(47)42-36)23-29-21-22-32(44)35(24-29)51-8/h9-11,14-18,20-22,24-25,28,31,33-34,36,38,44,46H,12-13,19,23H2,1-8H3,(H,42,47)/b20-14+,26-16+,27-15+/t28-,31+,33-,34-,36-,38+/m0/s1. The lowest BCUT2D eigenvalue weighted by molar-refractivity contribution is -0.157. The smallest absolute Gasteiger partial charge is 0.329 e. The third-order valence-corrected chi connectivity index (χ3v) is 9.44. The molecular formula is C41H54N2O9. The maximum atomic E-state index is 14.2. The topological polar surface area (TPSA) is 152 Å². The van der Waals surface area contributed by atoms with Crippen LogP contribution in [-0.2, 0) is 35.1 Å². The molecule has 1 aliphatic heterocycles. The number of carbonyl (C=O) groups is 4. The summed E-state index contributed by atoms with van der Waals surface area (Å²) in [5.41, 5.74) is 2.45. The summed E-state index contributed by atoms with van der Waals surface area (Å²) in [5.74, 6) is -3.83. The van der Waals surface area contributed by atoms with Crippen molar-refractivity contribution in [3.05, 3.63) is 95.1 Å². The van der Waals surface area contributed by atoms with Gasteiger partial charge in [-0.1, -0.05) is 68.5 Å². The number of hydrogen-bond donors (Lipinski definition) is 3. The number of allylic oxidation sites excluding steroid dienone is 4. The number of esters is 1. The van der Waals surface area contributed by atoms with E-state index in [1.165, 1.54) is 32.0 Å². The number of rotatable bonds is 7. The minimum absolute atomic E-state index is 0.0231. The van der Waals surface area contributed by atoms with Crippen molar-refractivity contribution >= 4 is 23.6 Å². The number of benzene rings is 2. The Morgan fingerprint density at radius 1 is 1.04 bits per heavy atom. The van der Waals surface area contributed by atoms with Crippen molar-refractivity contribution in [3.63, 3.8) is 0 Å². The number of methoxy groups -OCH3 is 2. The van der Waals surface area contributed by atoms with Crippen LogP contribution in [0, 0.1) is 11.8 Å². The molecular weight excluding hydrogens is 664 g/mol. The van der Waals surface area contributed by atoms with Crippen LogP contribution in [0.1, 0.15) is 71.1 Å². The zero-order chi connectivity index (χ0) is 38.5. The van der Waals surface area contributed by atoms with Crippen molar-refractivity contribution in [3.8, 4) is 11.5 Å². The van der Waals surface area contributed by atoms with E-state index in [1.54, 1.807) is 76.4 Å². The summed E-state index contributed by atoms with van der Waals surface area (Å²) in [6.07, 6.45) is 6.36. The highest BCUT2D eigenvalue weighted by Gasteiger charge is 2.37. The molecule has 0 aromatic heterocycles. The minimum Gasteiger partial charge on any atom is -0.504 e. The Hall–Kier alpha value is -4.74. The maximum absolute atomic E-state index is 14.2. The number of nitrogens with one attached hydrogen (secondary N) is 1. The van der Waals surface area contributed by atoms with E-state index in [-0.39, 0.29) is 29.8 Å². The molecule has 0 saturated heterocycles. The van der Waals surface area contributed by atoms with Gasteiger partial charge in [-0.15, -0.1) is 0 Å². The Morgan fingerprint density at radius 3 is 2.37 bits per heavy atom. The van der Waals surface area contributed by atoms with Crippen LogP contribution in [0.4, 0.5) is 0 Å². The van der Waals surface area contributed by atoms with Gasteiger partial charge in [-0.05, 0) is 86.4 Å². The molecule has 3 rings (SSSR count). The number of phenols is 1. The van der Waals surface area contributed by atoms with Gasteiger partial charge in [0.2, 0.25) is 11.8 Å². The van der Waals surface area contributed by atoms with Crippen LogP contribution in [-0.4, -0.2) is 84.2 Å². The molecule has 0 fully saturated rings. The van der Waals surface area contributed by atoms with E-state index in [4.69, 9.17) is 14.2 Å². The molecule has 2 amide bonds. The average molecular weight is 719 g/mol. The number of cyclic esters (lactones) is 1. The van der Waals surface area contributed by atoms with E-state index < -0.39 is 53.9 Å². The first-order valence-electron chi connectivity index (χ1n) is 17.6. The van der Waals surface area contributed by atoms with E-state index in [2.05, 4.69) is 5.32 Å². The summed E-state index contributed by atoms with van der Waals surface area (Å²) >= 11 is 0. The number of carbonyl (C=O) groups excluding carboxylic acids is 4. The van der Waals surface area contributed by atoms with E-state index >= 15 is 0 Å². The first-order valence-corrected chi connectivity index (χ1v) is 17.6. The highest BCUT2D eigenvalue weighted by Crippen LogP contribution is 2.28. The molecule has 11 nitrogen and oxygen atoms in total. The van der Waals surface area contributed by atoms with E-state index in [9.17, 15) is 29.4 Å². The Balaban J connectivity index is 2.10. The molecule has 0 radical (unpaired) electrons. The fraction of sp³-hybridized carbons (Fsp3) is 0.463. The number of aliphatic hydroxyl groups excluding tert-OH is 1. The van der Waals surface area contributed by atoms with Crippen LogP contribution in [0.2, 0.25) is 0 Å². The number of ketones is 1. The zero-order valence-corrected chi connectivity index (χ0v) is 31.5. The molecule has 6 atom stereocenters. The molecule has 0 unspecified atom stereocenters. The van der Waals surface area contributed by atoms with Crippen LogP contribution in [0.3, 0.4) is 0 Å². The van der Waals surface area contributed by atoms with Gasteiger partial charge in [-0.2, -0.15) is 0 Å². The minimum atomic E-state index is -1.21. The van der Waals surface area contributed by atoms with Crippen LogP contribution in [0.5, 0.6) is 11.5 Å². The van der Waals surface area contributed by atoms with E-state index in [1.807, 2.05) is 25.1 Å². The van der Waals surface area contributed by atoms with Crippen molar-refractivity contribution in [2.45, 2.75) is 90.7 Å². The number of ether oxygens (including phenoxy) is 3. The Bertz CT molecular complexity index is 1630. The van der Waals surface area contributed by atoms with Gasteiger partial charge in [0.25, 0.3) is 0 Å². The molecule has 0 saturated carbocycles. The summed E-state index contributed by atoms with van der Waals surface area (Å²) < 4.78 is 16.9. The van der Waals surface area contributed by atoms with E-state index in [0.29, 0.717) is 36.0 Å². The summed E-state index contributed by atoms with van der Waals surface area (Å²) in [6.45, 7) is 8.60. The molecule has 282 valence electrons. The number of likely N-dealkylation sites (N-methyl/N-ethyl adjacent to an activating group) is 1. The zero-order valence-electron chi connectivity index (χ0n) is 31.5. The molecule has 52 heavy (non-hydrogen) atoms. The van der Waals surface area contributed by atoms with Gasteiger partial charge in [0.05, 0.1) is 19.1 Å². The SMILES string of the molecule is COc1cc(C[C@@H]2C(=O)N[C@@H](C(C)C)C(=O)O[C@H]([C@H](O)c3ccccc3)/C=C/C=C(\C)[C@@H](OC)CCC/C=C(\C)C(=O)[C@H](C)C(=O)N2C)ccc1O. The summed E-state index contributed by atoms with van der Waals surface area (Å²) in [7, 11) is 4.47. The molecule has 3 N–H and O–H groups in total. The monoisotopic (exact) mass is 718 g/mol. The summed E-state index contributed by atoms with van der Waals surface area (Å²) in [4.78, 5) is 56.6. The molecule has 2 aromatic rings. The van der Waals surface area contributed by atoms with Gasteiger partial charge in [-0.3, -0.25) is 14.4 Å². The van der Waals surface area contributed by atoms with Crippen LogP contribution in [0.25, 0.3) is 0 Å². The quantitative estimate of drug-likeness (QED) is 0.252. The average Bonchev–Trinajstić information content (AvgIpc) is 3.14. The fourth-order valence-corrected chi connectivity index (χ4v) is 6.07.